The molecule has 0 spiro atoms. The summed E-state index contributed by atoms with van der Waals surface area (Å²) in [5, 5.41) is 14.5. The Kier molecular flexibility index (Phi) is 2.44. The maximum Gasteiger partial charge on any atom is 0.276 e. The zero-order valence-corrected chi connectivity index (χ0v) is 7.84. The van der Waals surface area contributed by atoms with Gasteiger partial charge in [-0.25, -0.2) is 5.14 Å². The summed E-state index contributed by atoms with van der Waals surface area (Å²) in [6, 6.07) is 0. The molecule has 0 bridgehead atoms. The van der Waals surface area contributed by atoms with Gasteiger partial charge in [0.15, 0.2) is 0 Å². The van der Waals surface area contributed by atoms with E-state index >= 15 is 0 Å². The molecule has 1 atom stereocenters. The molecule has 0 aromatic heterocycles. The molecule has 12 heavy (non-hydrogen) atoms. The first-order valence-electron chi connectivity index (χ1n) is 3.81. The van der Waals surface area contributed by atoms with Gasteiger partial charge in [-0.1, -0.05) is 0 Å². The summed E-state index contributed by atoms with van der Waals surface area (Å²) in [7, 11) is -3.62. The molecule has 1 saturated heterocycles. The van der Waals surface area contributed by atoms with Crippen LogP contribution in [0.1, 0.15) is 19.8 Å². The second kappa shape index (κ2) is 2.95. The lowest BCUT2D eigenvalue weighted by atomic mass is 9.97. The van der Waals surface area contributed by atoms with Crippen molar-refractivity contribution in [2.75, 3.05) is 13.1 Å². The Morgan fingerprint density at radius 1 is 1.58 bits per heavy atom. The van der Waals surface area contributed by atoms with Crippen molar-refractivity contribution in [3.63, 3.8) is 0 Å². The quantitative estimate of drug-likeness (QED) is 0.563. The van der Waals surface area contributed by atoms with Crippen molar-refractivity contribution in [2.45, 2.75) is 25.4 Å². The van der Waals surface area contributed by atoms with Crippen LogP contribution in [0.25, 0.3) is 0 Å². The van der Waals surface area contributed by atoms with Crippen LogP contribution in [0.2, 0.25) is 0 Å². The van der Waals surface area contributed by atoms with Crippen LogP contribution >= 0.6 is 0 Å². The maximum absolute atomic E-state index is 10.9. The van der Waals surface area contributed by atoms with Crippen LogP contribution in [0.15, 0.2) is 0 Å². The first-order valence-corrected chi connectivity index (χ1v) is 5.32. The van der Waals surface area contributed by atoms with E-state index in [4.69, 9.17) is 5.14 Å². The van der Waals surface area contributed by atoms with Crippen LogP contribution in [-0.2, 0) is 10.2 Å². The largest absolute Gasteiger partial charge is 0.389 e. The Labute approximate surface area is 72.3 Å². The molecule has 0 aliphatic carbocycles. The smallest absolute Gasteiger partial charge is 0.276 e. The van der Waals surface area contributed by atoms with Crippen LogP contribution in [0, 0.1) is 0 Å². The molecule has 1 unspecified atom stereocenters. The van der Waals surface area contributed by atoms with Crippen LogP contribution in [-0.4, -0.2) is 36.5 Å². The summed E-state index contributed by atoms with van der Waals surface area (Å²) < 4.78 is 22.8. The minimum absolute atomic E-state index is 0.103. The zero-order chi connectivity index (χ0) is 9.41. The fourth-order valence-corrected chi connectivity index (χ4v) is 2.23. The first kappa shape index (κ1) is 9.91. The van der Waals surface area contributed by atoms with Crippen molar-refractivity contribution in [2.24, 2.45) is 5.14 Å². The first-order chi connectivity index (χ1) is 5.31. The molecular formula is C6H14N2O3S. The minimum Gasteiger partial charge on any atom is -0.389 e. The third-order valence-corrected chi connectivity index (χ3v) is 3.03. The van der Waals surface area contributed by atoms with Crippen molar-refractivity contribution >= 4 is 10.2 Å². The second-order valence-electron chi connectivity index (χ2n) is 3.48. The number of aliphatic hydroxyl groups is 1. The zero-order valence-electron chi connectivity index (χ0n) is 7.02. The molecule has 0 radical (unpaired) electrons. The number of piperidine rings is 1. The van der Waals surface area contributed by atoms with E-state index in [2.05, 4.69) is 0 Å². The summed E-state index contributed by atoms with van der Waals surface area (Å²) in [6.45, 7) is 2.13. The number of nitrogens with zero attached hydrogens (tertiary/aromatic N) is 1. The summed E-state index contributed by atoms with van der Waals surface area (Å²) >= 11 is 0. The number of rotatable bonds is 1. The summed E-state index contributed by atoms with van der Waals surface area (Å²) in [5.41, 5.74) is -0.926. The predicted molar refractivity (Wildman–Crippen MR) is 44.5 cm³/mol. The molecule has 0 aromatic rings. The molecule has 1 heterocycles. The third-order valence-electron chi connectivity index (χ3n) is 2.00. The normalized spacial score (nSPS) is 33.6. The van der Waals surface area contributed by atoms with Crippen LogP contribution in [0.4, 0.5) is 0 Å². The monoisotopic (exact) mass is 194 g/mol. The molecule has 0 saturated carbocycles. The molecule has 5 nitrogen and oxygen atoms in total. The van der Waals surface area contributed by atoms with Gasteiger partial charge in [0, 0.05) is 13.1 Å². The molecule has 1 aliphatic rings. The van der Waals surface area contributed by atoms with E-state index in [0.717, 1.165) is 4.31 Å². The lowest BCUT2D eigenvalue weighted by molar-refractivity contribution is 0.00940. The highest BCUT2D eigenvalue weighted by Crippen LogP contribution is 2.20. The fraction of sp³-hybridized carbons (Fsp3) is 1.00. The summed E-state index contributed by atoms with van der Waals surface area (Å²) in [6.07, 6.45) is 1.28. The predicted octanol–water partition coefficient (Wildman–Crippen LogP) is -0.963. The second-order valence-corrected chi connectivity index (χ2v) is 5.03. The highest BCUT2D eigenvalue weighted by atomic mass is 32.2. The van der Waals surface area contributed by atoms with E-state index in [9.17, 15) is 13.5 Å². The average molecular weight is 194 g/mol. The van der Waals surface area contributed by atoms with E-state index in [-0.39, 0.29) is 6.54 Å². The van der Waals surface area contributed by atoms with E-state index < -0.39 is 15.8 Å². The van der Waals surface area contributed by atoms with Gasteiger partial charge in [-0.2, -0.15) is 12.7 Å². The molecule has 0 amide bonds. The van der Waals surface area contributed by atoms with Crippen molar-refractivity contribution in [1.29, 1.82) is 0 Å². The molecule has 3 N–H and O–H groups in total. The molecule has 1 rings (SSSR count). The Morgan fingerprint density at radius 2 is 2.17 bits per heavy atom. The minimum atomic E-state index is -3.62. The molecule has 0 aromatic carbocycles. The lowest BCUT2D eigenvalue weighted by Crippen LogP contribution is -2.50. The topological polar surface area (TPSA) is 83.6 Å². The van der Waals surface area contributed by atoms with Gasteiger partial charge in [0.05, 0.1) is 5.60 Å². The Morgan fingerprint density at radius 3 is 2.50 bits per heavy atom. The highest BCUT2D eigenvalue weighted by Gasteiger charge is 2.32. The Hall–Kier alpha value is -0.170. The fourth-order valence-electron chi connectivity index (χ4n) is 1.39. The number of β-amino-alcohol motifs (C(OH)–C–C–N with tert-alkyl or cyclic N) is 1. The van der Waals surface area contributed by atoms with Crippen LogP contribution in [0.3, 0.4) is 0 Å². The lowest BCUT2D eigenvalue weighted by Gasteiger charge is -2.34. The number of nitrogens with two attached hydrogens (primary N) is 1. The van der Waals surface area contributed by atoms with Gasteiger partial charge in [0.25, 0.3) is 10.2 Å². The van der Waals surface area contributed by atoms with E-state index in [1.165, 1.54) is 0 Å². The standard InChI is InChI=1S/C6H14N2O3S/c1-6(9)3-2-4-8(5-6)12(7,10)11/h9H,2-5H2,1H3,(H2,7,10,11). The van der Waals surface area contributed by atoms with Crippen molar-refractivity contribution in [3.05, 3.63) is 0 Å². The van der Waals surface area contributed by atoms with Crippen molar-refractivity contribution in [1.82, 2.24) is 4.31 Å². The number of hydrogen-bond donors (Lipinski definition) is 2. The molecule has 72 valence electrons. The Balaban J connectivity index is 2.71. The summed E-state index contributed by atoms with van der Waals surface area (Å²) in [4.78, 5) is 0. The van der Waals surface area contributed by atoms with Gasteiger partial charge in [-0.05, 0) is 19.8 Å². The van der Waals surface area contributed by atoms with Gasteiger partial charge < -0.3 is 5.11 Å². The Bertz CT molecular complexity index is 260. The van der Waals surface area contributed by atoms with Gasteiger partial charge in [-0.3, -0.25) is 0 Å². The average Bonchev–Trinajstić information content (AvgIpc) is 1.83. The number of hydrogen-bond acceptors (Lipinski definition) is 3. The van der Waals surface area contributed by atoms with E-state index in [0.29, 0.717) is 19.4 Å². The molecule has 1 aliphatic heterocycles. The molecule has 1 fully saturated rings. The SMILES string of the molecule is CC1(O)CCCN(S(N)(=O)=O)C1. The van der Waals surface area contributed by atoms with Crippen molar-refractivity contribution < 1.29 is 13.5 Å². The maximum atomic E-state index is 10.9. The summed E-state index contributed by atoms with van der Waals surface area (Å²) in [5.74, 6) is 0. The molecule has 6 heteroatoms. The van der Waals surface area contributed by atoms with Crippen LogP contribution < -0.4 is 5.14 Å². The molecular weight excluding hydrogens is 180 g/mol. The van der Waals surface area contributed by atoms with Gasteiger partial charge >= 0.3 is 0 Å². The van der Waals surface area contributed by atoms with E-state index in [1.807, 2.05) is 0 Å². The van der Waals surface area contributed by atoms with E-state index in [1.54, 1.807) is 6.92 Å². The van der Waals surface area contributed by atoms with Crippen molar-refractivity contribution in [3.8, 4) is 0 Å². The van der Waals surface area contributed by atoms with Gasteiger partial charge in [-0.15, -0.1) is 0 Å². The highest BCUT2D eigenvalue weighted by molar-refractivity contribution is 7.86. The third kappa shape index (κ3) is 2.41. The van der Waals surface area contributed by atoms with Crippen LogP contribution in [0.5, 0.6) is 0 Å². The van der Waals surface area contributed by atoms with Gasteiger partial charge in [0.2, 0.25) is 0 Å². The van der Waals surface area contributed by atoms with Gasteiger partial charge in [0.1, 0.15) is 0 Å².